The van der Waals surface area contributed by atoms with Crippen LogP contribution < -0.4 is 15.5 Å². The summed E-state index contributed by atoms with van der Waals surface area (Å²) in [5.41, 5.74) is 1.34. The van der Waals surface area contributed by atoms with Gasteiger partial charge in [-0.25, -0.2) is 4.79 Å². The number of nitrogens with zero attached hydrogens (tertiary/aromatic N) is 1. The molecule has 0 spiro atoms. The molecule has 1 aromatic carbocycles. The second kappa shape index (κ2) is 6.13. The average molecular weight is 277 g/mol. The van der Waals surface area contributed by atoms with Crippen molar-refractivity contribution in [2.75, 3.05) is 36.4 Å². The lowest BCUT2D eigenvalue weighted by Crippen LogP contribution is -2.43. The molecule has 0 aromatic heterocycles. The minimum absolute atomic E-state index is 0.417. The lowest BCUT2D eigenvalue weighted by Gasteiger charge is -2.31. The summed E-state index contributed by atoms with van der Waals surface area (Å²) in [6, 6.07) is 7.83. The van der Waals surface area contributed by atoms with Crippen LogP contribution in [0.1, 0.15) is 20.8 Å². The molecule has 5 nitrogen and oxygen atoms in total. The Hall–Kier alpha value is -1.75. The van der Waals surface area contributed by atoms with E-state index < -0.39 is 11.7 Å². The average Bonchev–Trinajstić information content (AvgIpc) is 2.38. The summed E-state index contributed by atoms with van der Waals surface area (Å²) >= 11 is 0. The van der Waals surface area contributed by atoms with Gasteiger partial charge in [0.2, 0.25) is 0 Å². The highest BCUT2D eigenvalue weighted by Crippen LogP contribution is 2.26. The van der Waals surface area contributed by atoms with Crippen molar-refractivity contribution < 1.29 is 9.53 Å². The molecule has 1 heterocycles. The summed E-state index contributed by atoms with van der Waals surface area (Å²) in [5.74, 6) is 0. The van der Waals surface area contributed by atoms with E-state index in [1.165, 1.54) is 0 Å². The van der Waals surface area contributed by atoms with Gasteiger partial charge in [0.05, 0.1) is 11.4 Å². The number of carbonyl (C=O) groups excluding carboxylic acids is 1. The van der Waals surface area contributed by atoms with E-state index in [9.17, 15) is 4.79 Å². The van der Waals surface area contributed by atoms with E-state index in [0.29, 0.717) is 0 Å². The Morgan fingerprint density at radius 1 is 1.25 bits per heavy atom. The molecule has 2 N–H and O–H groups in total. The zero-order valence-corrected chi connectivity index (χ0v) is 12.4. The number of rotatable bonds is 2. The maximum absolute atomic E-state index is 11.9. The van der Waals surface area contributed by atoms with E-state index in [1.54, 1.807) is 0 Å². The molecule has 0 unspecified atom stereocenters. The Bertz CT molecular complexity index is 462. The molecule has 1 aliphatic rings. The number of amides is 1. The number of nitrogens with one attached hydrogen (secondary N) is 2. The maximum atomic E-state index is 11.9. The SMILES string of the molecule is CC(C)(C)OC(=O)Nc1ccccc1N1CCNCC1. The lowest BCUT2D eigenvalue weighted by atomic mass is 10.2. The summed E-state index contributed by atoms with van der Waals surface area (Å²) in [7, 11) is 0. The fraction of sp³-hybridized carbons (Fsp3) is 0.533. The summed E-state index contributed by atoms with van der Waals surface area (Å²) in [4.78, 5) is 14.2. The van der Waals surface area contributed by atoms with Crippen LogP contribution in [0, 0.1) is 0 Å². The highest BCUT2D eigenvalue weighted by Gasteiger charge is 2.19. The third-order valence-electron chi connectivity index (χ3n) is 3.00. The fourth-order valence-corrected chi connectivity index (χ4v) is 2.17. The first-order valence-corrected chi connectivity index (χ1v) is 7.00. The van der Waals surface area contributed by atoms with E-state index in [2.05, 4.69) is 15.5 Å². The van der Waals surface area contributed by atoms with Crippen LogP contribution in [-0.4, -0.2) is 37.9 Å². The molecular weight excluding hydrogens is 254 g/mol. The van der Waals surface area contributed by atoms with Crippen molar-refractivity contribution in [1.82, 2.24) is 5.32 Å². The highest BCUT2D eigenvalue weighted by atomic mass is 16.6. The second-order valence-electron chi connectivity index (χ2n) is 5.88. The van der Waals surface area contributed by atoms with Gasteiger partial charge in [-0.1, -0.05) is 12.1 Å². The van der Waals surface area contributed by atoms with Gasteiger partial charge >= 0.3 is 6.09 Å². The number of benzene rings is 1. The predicted molar refractivity (Wildman–Crippen MR) is 81.4 cm³/mol. The molecule has 1 aromatic rings. The second-order valence-corrected chi connectivity index (χ2v) is 5.88. The van der Waals surface area contributed by atoms with Gasteiger partial charge < -0.3 is 15.0 Å². The minimum atomic E-state index is -0.492. The number of carbonyl (C=O) groups is 1. The van der Waals surface area contributed by atoms with Crippen LogP contribution in [0.4, 0.5) is 16.2 Å². The largest absolute Gasteiger partial charge is 0.444 e. The number of hydrogen-bond donors (Lipinski definition) is 2. The molecule has 1 saturated heterocycles. The third kappa shape index (κ3) is 4.13. The number of piperazine rings is 1. The third-order valence-corrected chi connectivity index (χ3v) is 3.00. The number of ether oxygens (including phenoxy) is 1. The van der Waals surface area contributed by atoms with Gasteiger partial charge in [0.1, 0.15) is 5.60 Å². The Kier molecular flexibility index (Phi) is 4.49. The standard InChI is InChI=1S/C15H23N3O2/c1-15(2,3)20-14(19)17-12-6-4-5-7-13(12)18-10-8-16-9-11-18/h4-7,16H,8-11H2,1-3H3,(H,17,19). The zero-order chi connectivity index (χ0) is 14.6. The molecule has 5 heteroatoms. The van der Waals surface area contributed by atoms with Gasteiger partial charge in [-0.15, -0.1) is 0 Å². The van der Waals surface area contributed by atoms with Crippen molar-refractivity contribution in [2.24, 2.45) is 0 Å². The van der Waals surface area contributed by atoms with Gasteiger partial charge in [-0.3, -0.25) is 5.32 Å². The molecule has 0 atom stereocenters. The summed E-state index contributed by atoms with van der Waals surface area (Å²) in [6.07, 6.45) is -0.417. The highest BCUT2D eigenvalue weighted by molar-refractivity contribution is 5.89. The minimum Gasteiger partial charge on any atom is -0.444 e. The normalized spacial score (nSPS) is 15.8. The molecule has 0 aliphatic carbocycles. The number of anilines is 2. The molecular formula is C15H23N3O2. The molecule has 1 fully saturated rings. The van der Waals surface area contributed by atoms with Crippen LogP contribution in [0.25, 0.3) is 0 Å². The lowest BCUT2D eigenvalue weighted by molar-refractivity contribution is 0.0636. The fourth-order valence-electron chi connectivity index (χ4n) is 2.17. The van der Waals surface area contributed by atoms with Gasteiger partial charge in [0, 0.05) is 26.2 Å². The van der Waals surface area contributed by atoms with Gasteiger partial charge in [0.25, 0.3) is 0 Å². The summed E-state index contributed by atoms with van der Waals surface area (Å²) in [5, 5.41) is 6.16. The van der Waals surface area contributed by atoms with Crippen molar-refractivity contribution in [2.45, 2.75) is 26.4 Å². The number of hydrogen-bond acceptors (Lipinski definition) is 4. The maximum Gasteiger partial charge on any atom is 0.412 e. The zero-order valence-electron chi connectivity index (χ0n) is 12.4. The molecule has 0 saturated carbocycles. The Labute approximate surface area is 120 Å². The van der Waals surface area contributed by atoms with E-state index in [1.807, 2.05) is 45.0 Å². The van der Waals surface area contributed by atoms with E-state index in [-0.39, 0.29) is 0 Å². The van der Waals surface area contributed by atoms with Crippen molar-refractivity contribution in [3.8, 4) is 0 Å². The first-order chi connectivity index (χ1) is 9.46. The Morgan fingerprint density at radius 2 is 1.90 bits per heavy atom. The first kappa shape index (κ1) is 14.7. The molecule has 110 valence electrons. The van der Waals surface area contributed by atoms with Crippen molar-refractivity contribution in [3.63, 3.8) is 0 Å². The summed E-state index contributed by atoms with van der Waals surface area (Å²) < 4.78 is 5.30. The van der Waals surface area contributed by atoms with Crippen LogP contribution >= 0.6 is 0 Å². The van der Waals surface area contributed by atoms with Gasteiger partial charge in [0.15, 0.2) is 0 Å². The van der Waals surface area contributed by atoms with Crippen LogP contribution in [0.5, 0.6) is 0 Å². The monoisotopic (exact) mass is 277 g/mol. The molecule has 0 bridgehead atoms. The van der Waals surface area contributed by atoms with Crippen LogP contribution in [0.3, 0.4) is 0 Å². The Morgan fingerprint density at radius 3 is 2.55 bits per heavy atom. The van der Waals surface area contributed by atoms with Gasteiger partial charge in [-0.2, -0.15) is 0 Å². The molecule has 2 rings (SSSR count). The van der Waals surface area contributed by atoms with Crippen LogP contribution in [0.2, 0.25) is 0 Å². The van der Waals surface area contributed by atoms with E-state index in [0.717, 1.165) is 37.6 Å². The van der Waals surface area contributed by atoms with Crippen molar-refractivity contribution in [1.29, 1.82) is 0 Å². The van der Waals surface area contributed by atoms with Crippen molar-refractivity contribution >= 4 is 17.5 Å². The molecule has 1 amide bonds. The molecule has 0 radical (unpaired) electrons. The predicted octanol–water partition coefficient (Wildman–Crippen LogP) is 2.44. The smallest absolute Gasteiger partial charge is 0.412 e. The molecule has 20 heavy (non-hydrogen) atoms. The van der Waals surface area contributed by atoms with Crippen molar-refractivity contribution in [3.05, 3.63) is 24.3 Å². The van der Waals surface area contributed by atoms with E-state index >= 15 is 0 Å². The summed E-state index contributed by atoms with van der Waals surface area (Å²) in [6.45, 7) is 9.36. The molecule has 1 aliphatic heterocycles. The van der Waals surface area contributed by atoms with Crippen LogP contribution in [-0.2, 0) is 4.74 Å². The Balaban J connectivity index is 2.09. The first-order valence-electron chi connectivity index (χ1n) is 7.00. The van der Waals surface area contributed by atoms with Crippen LogP contribution in [0.15, 0.2) is 24.3 Å². The number of para-hydroxylation sites is 2. The topological polar surface area (TPSA) is 53.6 Å². The van der Waals surface area contributed by atoms with Gasteiger partial charge in [-0.05, 0) is 32.9 Å². The van der Waals surface area contributed by atoms with E-state index in [4.69, 9.17) is 4.74 Å². The quantitative estimate of drug-likeness (QED) is 0.872.